The number of aliphatic hydroxyl groups is 1. The molecule has 1 aromatic heterocycles. The second-order valence-corrected chi connectivity index (χ2v) is 6.04. The molecule has 0 atom stereocenters. The molecule has 1 aliphatic rings. The summed E-state index contributed by atoms with van der Waals surface area (Å²) >= 11 is 0. The lowest BCUT2D eigenvalue weighted by Gasteiger charge is -2.07. The number of aromatic nitrogens is 1. The van der Waals surface area contributed by atoms with Gasteiger partial charge in [-0.15, -0.1) is 0 Å². The van der Waals surface area contributed by atoms with E-state index in [-0.39, 0.29) is 6.61 Å². The van der Waals surface area contributed by atoms with Crippen LogP contribution in [0.1, 0.15) is 28.8 Å². The van der Waals surface area contributed by atoms with Crippen molar-refractivity contribution < 1.29 is 9.90 Å². The number of benzene rings is 2. The van der Waals surface area contributed by atoms with Crippen LogP contribution in [0, 0.1) is 12.0 Å². The maximum atomic E-state index is 11.8. The van der Waals surface area contributed by atoms with E-state index in [1.165, 1.54) is 12.8 Å². The van der Waals surface area contributed by atoms with E-state index >= 15 is 0 Å². The van der Waals surface area contributed by atoms with Crippen LogP contribution in [0.4, 0.5) is 0 Å². The van der Waals surface area contributed by atoms with Gasteiger partial charge >= 0.3 is 0 Å². The first-order valence-corrected chi connectivity index (χ1v) is 7.55. The van der Waals surface area contributed by atoms with Crippen molar-refractivity contribution in [3.8, 4) is 0 Å². The van der Waals surface area contributed by atoms with Gasteiger partial charge < -0.3 is 15.4 Å². The van der Waals surface area contributed by atoms with Gasteiger partial charge in [0, 0.05) is 28.4 Å². The highest BCUT2D eigenvalue weighted by Crippen LogP contribution is 2.37. The number of carbonyl (C=O) groups excluding carboxylic acids is 1. The Bertz CT molecular complexity index is 891. The fraction of sp³-hybridized carbons (Fsp3) is 0.278. The number of hydrogen-bond acceptors (Lipinski definition) is 2. The molecular weight excluding hydrogens is 276 g/mol. The molecule has 1 aliphatic carbocycles. The number of nitrogens with two attached hydrogens (primary N) is 1. The molecule has 3 N–H and O–H groups in total. The largest absolute Gasteiger partial charge is 0.392 e. The molecule has 0 spiro atoms. The van der Waals surface area contributed by atoms with Crippen LogP contribution in [0.15, 0.2) is 30.3 Å². The first-order chi connectivity index (χ1) is 10.7. The standard InChI is InChI=1S/C18H17N2O2/c19-18(22)14-2-1-3-15-17(14)13-7-6-12(10-21)8-16(13)20(15)9-11-4-5-11/h1-3,6,8,11,21H,4-5,9-10H2,(H2,19,22). The number of amides is 1. The predicted molar refractivity (Wildman–Crippen MR) is 85.4 cm³/mol. The first-order valence-electron chi connectivity index (χ1n) is 7.55. The molecule has 0 bridgehead atoms. The summed E-state index contributed by atoms with van der Waals surface area (Å²) in [6.45, 7) is 0.922. The van der Waals surface area contributed by atoms with Crippen LogP contribution in [0.5, 0.6) is 0 Å². The maximum Gasteiger partial charge on any atom is 0.249 e. The Morgan fingerprint density at radius 3 is 2.86 bits per heavy atom. The van der Waals surface area contributed by atoms with Crippen LogP contribution >= 0.6 is 0 Å². The number of aliphatic hydroxyl groups excluding tert-OH is 1. The van der Waals surface area contributed by atoms with Crippen molar-refractivity contribution >= 4 is 27.7 Å². The SMILES string of the molecule is NC(=O)c1cccc2c1c1[c]cc(CO)cc1n2CC1CC1. The Morgan fingerprint density at radius 2 is 2.18 bits per heavy atom. The number of nitrogens with zero attached hydrogens (tertiary/aromatic N) is 1. The zero-order chi connectivity index (χ0) is 15.3. The molecule has 4 heteroatoms. The van der Waals surface area contributed by atoms with Crippen molar-refractivity contribution in [2.24, 2.45) is 11.7 Å². The van der Waals surface area contributed by atoms with Crippen LogP contribution in [0.2, 0.25) is 0 Å². The van der Waals surface area contributed by atoms with E-state index in [9.17, 15) is 9.90 Å². The summed E-state index contributed by atoms with van der Waals surface area (Å²) in [5.41, 5.74) is 8.94. The Hall–Kier alpha value is -2.33. The fourth-order valence-corrected chi connectivity index (χ4v) is 3.15. The van der Waals surface area contributed by atoms with Crippen molar-refractivity contribution in [1.29, 1.82) is 0 Å². The third-order valence-electron chi connectivity index (χ3n) is 4.44. The third kappa shape index (κ3) is 1.99. The molecule has 1 amide bonds. The van der Waals surface area contributed by atoms with Gasteiger partial charge in [0.1, 0.15) is 0 Å². The maximum absolute atomic E-state index is 11.8. The summed E-state index contributed by atoms with van der Waals surface area (Å²) in [7, 11) is 0. The van der Waals surface area contributed by atoms with E-state index in [4.69, 9.17) is 5.73 Å². The van der Waals surface area contributed by atoms with E-state index in [1.807, 2.05) is 18.2 Å². The summed E-state index contributed by atoms with van der Waals surface area (Å²) in [6.07, 6.45) is 2.50. The van der Waals surface area contributed by atoms with E-state index in [2.05, 4.69) is 10.6 Å². The number of primary amides is 1. The van der Waals surface area contributed by atoms with Crippen LogP contribution in [0.3, 0.4) is 0 Å². The Morgan fingerprint density at radius 1 is 1.36 bits per heavy atom. The zero-order valence-corrected chi connectivity index (χ0v) is 12.2. The minimum absolute atomic E-state index is 0.0138. The van der Waals surface area contributed by atoms with Gasteiger partial charge in [-0.2, -0.15) is 0 Å². The molecule has 22 heavy (non-hydrogen) atoms. The van der Waals surface area contributed by atoms with E-state index < -0.39 is 5.91 Å². The number of rotatable bonds is 4. The quantitative estimate of drug-likeness (QED) is 0.776. The average molecular weight is 293 g/mol. The molecule has 4 rings (SSSR count). The summed E-state index contributed by atoms with van der Waals surface area (Å²) in [6, 6.07) is 12.7. The van der Waals surface area contributed by atoms with Crippen molar-refractivity contribution in [3.05, 3.63) is 47.5 Å². The Balaban J connectivity index is 2.10. The lowest BCUT2D eigenvalue weighted by Crippen LogP contribution is -2.11. The first kappa shape index (κ1) is 13.3. The molecule has 1 radical (unpaired) electrons. The molecule has 2 aromatic carbocycles. The Kier molecular flexibility index (Phi) is 2.94. The highest BCUT2D eigenvalue weighted by molar-refractivity contribution is 6.17. The smallest absolute Gasteiger partial charge is 0.249 e. The van der Waals surface area contributed by atoms with Crippen molar-refractivity contribution in [2.75, 3.05) is 0 Å². The molecule has 4 nitrogen and oxygen atoms in total. The van der Waals surface area contributed by atoms with Crippen LogP contribution in [-0.2, 0) is 13.2 Å². The van der Waals surface area contributed by atoms with Crippen molar-refractivity contribution in [3.63, 3.8) is 0 Å². The summed E-state index contributed by atoms with van der Waals surface area (Å²) in [5.74, 6) is 0.282. The van der Waals surface area contributed by atoms with Gasteiger partial charge in [0.25, 0.3) is 0 Å². The van der Waals surface area contributed by atoms with Crippen LogP contribution in [0.25, 0.3) is 21.8 Å². The van der Waals surface area contributed by atoms with Gasteiger partial charge in [0.2, 0.25) is 5.91 Å². The van der Waals surface area contributed by atoms with E-state index in [0.717, 1.165) is 33.9 Å². The van der Waals surface area contributed by atoms with Crippen LogP contribution < -0.4 is 5.73 Å². The van der Waals surface area contributed by atoms with Gasteiger partial charge in [-0.05, 0) is 54.7 Å². The van der Waals surface area contributed by atoms with Crippen molar-refractivity contribution in [2.45, 2.75) is 26.0 Å². The number of hydrogen-bond donors (Lipinski definition) is 2. The minimum Gasteiger partial charge on any atom is -0.392 e. The topological polar surface area (TPSA) is 68.2 Å². The molecule has 1 heterocycles. The van der Waals surface area contributed by atoms with Crippen molar-refractivity contribution in [1.82, 2.24) is 4.57 Å². The number of carbonyl (C=O) groups is 1. The molecule has 1 fully saturated rings. The lowest BCUT2D eigenvalue weighted by atomic mass is 10.0. The zero-order valence-electron chi connectivity index (χ0n) is 12.2. The van der Waals surface area contributed by atoms with Gasteiger partial charge in [0.15, 0.2) is 0 Å². The minimum atomic E-state index is -0.421. The lowest BCUT2D eigenvalue weighted by molar-refractivity contribution is 0.100. The second kappa shape index (κ2) is 4.85. The van der Waals surface area contributed by atoms with Gasteiger partial charge in [-0.25, -0.2) is 0 Å². The highest BCUT2D eigenvalue weighted by atomic mass is 16.3. The fourth-order valence-electron chi connectivity index (χ4n) is 3.15. The predicted octanol–water partition coefficient (Wildman–Crippen LogP) is 2.60. The molecule has 3 aromatic rings. The normalized spacial score (nSPS) is 14.8. The molecule has 0 unspecified atom stereocenters. The average Bonchev–Trinajstić information content (AvgIpc) is 3.30. The van der Waals surface area contributed by atoms with Gasteiger partial charge in [0.05, 0.1) is 12.1 Å². The van der Waals surface area contributed by atoms with Gasteiger partial charge in [-0.3, -0.25) is 4.79 Å². The third-order valence-corrected chi connectivity index (χ3v) is 4.44. The van der Waals surface area contributed by atoms with E-state index in [0.29, 0.717) is 11.5 Å². The highest BCUT2D eigenvalue weighted by Gasteiger charge is 2.25. The Labute approximate surface area is 128 Å². The monoisotopic (exact) mass is 293 g/mol. The van der Waals surface area contributed by atoms with Gasteiger partial charge in [-0.1, -0.05) is 6.07 Å². The summed E-state index contributed by atoms with van der Waals surface area (Å²) in [5, 5.41) is 11.2. The molecule has 1 saturated carbocycles. The molecule has 111 valence electrons. The summed E-state index contributed by atoms with van der Waals surface area (Å²) in [4.78, 5) is 11.8. The molecule has 0 saturated heterocycles. The second-order valence-electron chi connectivity index (χ2n) is 6.04. The van der Waals surface area contributed by atoms with Crippen LogP contribution in [-0.4, -0.2) is 15.6 Å². The summed E-state index contributed by atoms with van der Waals surface area (Å²) < 4.78 is 2.24. The molecule has 0 aliphatic heterocycles. The van der Waals surface area contributed by atoms with E-state index in [1.54, 1.807) is 12.1 Å². The molecular formula is C18H17N2O2. The number of fused-ring (bicyclic) bond motifs is 3.